The third-order valence-electron chi connectivity index (χ3n) is 2.73. The van der Waals surface area contributed by atoms with Crippen LogP contribution in [0.2, 0.25) is 0 Å². The lowest BCUT2D eigenvalue weighted by atomic mass is 9.78. The van der Waals surface area contributed by atoms with Crippen molar-refractivity contribution in [3.63, 3.8) is 0 Å². The van der Waals surface area contributed by atoms with Crippen LogP contribution in [0, 0.1) is 11.3 Å². The van der Waals surface area contributed by atoms with E-state index in [1.807, 2.05) is 0 Å². The van der Waals surface area contributed by atoms with Crippen LogP contribution in [-0.2, 0) is 0 Å². The van der Waals surface area contributed by atoms with Crippen molar-refractivity contribution in [2.45, 2.75) is 34.6 Å². The molecule has 1 heteroatoms. The van der Waals surface area contributed by atoms with E-state index in [1.165, 1.54) is 11.3 Å². The van der Waals surface area contributed by atoms with Gasteiger partial charge in [0.25, 0.3) is 0 Å². The number of rotatable bonds is 0. The molecule has 0 fully saturated rings. The predicted octanol–water partition coefficient (Wildman–Crippen LogP) is 2.55. The van der Waals surface area contributed by atoms with E-state index in [0.717, 1.165) is 12.5 Å². The van der Waals surface area contributed by atoms with Gasteiger partial charge >= 0.3 is 0 Å². The molecule has 1 unspecified atom stereocenters. The highest BCUT2D eigenvalue weighted by atomic mass is 14.9. The summed E-state index contributed by atoms with van der Waals surface area (Å²) in [5.74, 6) is 0.725. The van der Waals surface area contributed by atoms with E-state index >= 15 is 0 Å². The van der Waals surface area contributed by atoms with Gasteiger partial charge in [-0.1, -0.05) is 20.8 Å². The summed E-state index contributed by atoms with van der Waals surface area (Å²) in [6, 6.07) is 0. The van der Waals surface area contributed by atoms with Gasteiger partial charge in [0.1, 0.15) is 0 Å². The Morgan fingerprint density at radius 2 is 1.82 bits per heavy atom. The van der Waals surface area contributed by atoms with Gasteiger partial charge in [-0.15, -0.1) is 0 Å². The van der Waals surface area contributed by atoms with E-state index in [0.29, 0.717) is 5.41 Å². The minimum absolute atomic E-state index is 0.412. The fourth-order valence-electron chi connectivity index (χ4n) is 1.76. The molecule has 0 aromatic rings. The Kier molecular flexibility index (Phi) is 2.00. The van der Waals surface area contributed by atoms with Crippen LogP contribution < -0.4 is 5.32 Å². The zero-order valence-electron chi connectivity index (χ0n) is 8.28. The van der Waals surface area contributed by atoms with Crippen LogP contribution in [0.25, 0.3) is 0 Å². The fraction of sp³-hybridized carbons (Fsp3) is 0.800. The summed E-state index contributed by atoms with van der Waals surface area (Å²) in [6.07, 6.45) is 0. The van der Waals surface area contributed by atoms with Crippen molar-refractivity contribution in [3.05, 3.63) is 11.3 Å². The Labute approximate surface area is 69.9 Å². The zero-order valence-corrected chi connectivity index (χ0v) is 8.28. The third-order valence-corrected chi connectivity index (χ3v) is 2.73. The van der Waals surface area contributed by atoms with E-state index in [1.54, 1.807) is 0 Å². The number of hydrogen-bond acceptors (Lipinski definition) is 1. The molecule has 0 saturated heterocycles. The van der Waals surface area contributed by atoms with Crippen LogP contribution in [0.15, 0.2) is 11.3 Å². The van der Waals surface area contributed by atoms with Gasteiger partial charge in [-0.2, -0.15) is 0 Å². The quantitative estimate of drug-likeness (QED) is 0.564. The average molecular weight is 153 g/mol. The predicted molar refractivity (Wildman–Crippen MR) is 49.3 cm³/mol. The molecule has 0 aromatic carbocycles. The smallest absolute Gasteiger partial charge is 0.0215 e. The van der Waals surface area contributed by atoms with E-state index < -0.39 is 0 Å². The van der Waals surface area contributed by atoms with Crippen molar-refractivity contribution in [2.24, 2.45) is 11.3 Å². The van der Waals surface area contributed by atoms with Crippen LogP contribution in [0.3, 0.4) is 0 Å². The normalized spacial score (nSPS) is 25.7. The van der Waals surface area contributed by atoms with Crippen molar-refractivity contribution in [1.82, 2.24) is 5.32 Å². The van der Waals surface area contributed by atoms with Gasteiger partial charge in [0.2, 0.25) is 0 Å². The van der Waals surface area contributed by atoms with Gasteiger partial charge in [-0.05, 0) is 24.8 Å². The molecule has 0 spiro atoms. The first-order chi connectivity index (χ1) is 4.93. The van der Waals surface area contributed by atoms with Crippen LogP contribution in [0.4, 0.5) is 0 Å². The minimum atomic E-state index is 0.412. The molecule has 64 valence electrons. The first kappa shape index (κ1) is 8.63. The van der Waals surface area contributed by atoms with Crippen LogP contribution in [-0.4, -0.2) is 6.54 Å². The molecule has 0 radical (unpaired) electrons. The van der Waals surface area contributed by atoms with E-state index in [-0.39, 0.29) is 0 Å². The Morgan fingerprint density at radius 3 is 2.00 bits per heavy atom. The van der Waals surface area contributed by atoms with Crippen molar-refractivity contribution < 1.29 is 0 Å². The van der Waals surface area contributed by atoms with E-state index in [4.69, 9.17) is 0 Å². The van der Waals surface area contributed by atoms with Crippen molar-refractivity contribution in [3.8, 4) is 0 Å². The first-order valence-electron chi connectivity index (χ1n) is 4.34. The molecule has 0 saturated carbocycles. The second-order valence-electron chi connectivity index (χ2n) is 4.61. The highest BCUT2D eigenvalue weighted by molar-refractivity contribution is 5.20. The highest BCUT2D eigenvalue weighted by Crippen LogP contribution is 2.35. The summed E-state index contributed by atoms with van der Waals surface area (Å²) in [4.78, 5) is 0. The van der Waals surface area contributed by atoms with Crippen LogP contribution in [0.5, 0.6) is 0 Å². The molecule has 0 bridgehead atoms. The first-order valence-corrected chi connectivity index (χ1v) is 4.34. The topological polar surface area (TPSA) is 12.0 Å². The van der Waals surface area contributed by atoms with Gasteiger partial charge in [-0.25, -0.2) is 0 Å². The van der Waals surface area contributed by atoms with Crippen molar-refractivity contribution >= 4 is 0 Å². The molecule has 0 aliphatic carbocycles. The molecule has 1 aliphatic rings. The average Bonchev–Trinajstić information content (AvgIpc) is 2.11. The van der Waals surface area contributed by atoms with Crippen molar-refractivity contribution in [2.75, 3.05) is 6.54 Å². The molecule has 1 rings (SSSR count). The highest BCUT2D eigenvalue weighted by Gasteiger charge is 2.30. The molecular weight excluding hydrogens is 134 g/mol. The molecule has 11 heavy (non-hydrogen) atoms. The van der Waals surface area contributed by atoms with Gasteiger partial charge in [0.15, 0.2) is 0 Å². The Bertz CT molecular complexity index is 184. The molecule has 1 heterocycles. The summed E-state index contributed by atoms with van der Waals surface area (Å²) in [5, 5.41) is 3.41. The molecule has 1 aliphatic heterocycles. The second kappa shape index (κ2) is 2.54. The number of allylic oxidation sites excluding steroid dienone is 1. The maximum atomic E-state index is 3.41. The third kappa shape index (κ3) is 1.58. The minimum Gasteiger partial charge on any atom is -0.388 e. The fourth-order valence-corrected chi connectivity index (χ4v) is 1.76. The van der Waals surface area contributed by atoms with E-state index in [2.05, 4.69) is 39.9 Å². The maximum absolute atomic E-state index is 3.41. The van der Waals surface area contributed by atoms with Crippen molar-refractivity contribution in [1.29, 1.82) is 0 Å². The summed E-state index contributed by atoms with van der Waals surface area (Å²) >= 11 is 0. The SMILES string of the molecule is CC1=C(C)C(C(C)(C)C)CN1. The Morgan fingerprint density at radius 1 is 1.27 bits per heavy atom. The lowest BCUT2D eigenvalue weighted by molar-refractivity contribution is 0.290. The Hall–Kier alpha value is -0.460. The maximum Gasteiger partial charge on any atom is 0.0215 e. The second-order valence-corrected chi connectivity index (χ2v) is 4.61. The summed E-state index contributed by atoms with van der Waals surface area (Å²) < 4.78 is 0. The molecule has 1 N–H and O–H groups in total. The number of hydrogen-bond donors (Lipinski definition) is 1. The molecular formula is C10H19N. The molecule has 1 atom stereocenters. The largest absolute Gasteiger partial charge is 0.388 e. The van der Waals surface area contributed by atoms with Crippen LogP contribution in [0.1, 0.15) is 34.6 Å². The van der Waals surface area contributed by atoms with E-state index in [9.17, 15) is 0 Å². The van der Waals surface area contributed by atoms with Gasteiger partial charge in [-0.3, -0.25) is 0 Å². The molecule has 0 amide bonds. The summed E-state index contributed by atoms with van der Waals surface area (Å²) in [7, 11) is 0. The van der Waals surface area contributed by atoms with Gasteiger partial charge < -0.3 is 5.32 Å². The van der Waals surface area contributed by atoms with Gasteiger partial charge in [0, 0.05) is 18.2 Å². The van der Waals surface area contributed by atoms with Crippen LogP contribution >= 0.6 is 0 Å². The monoisotopic (exact) mass is 153 g/mol. The van der Waals surface area contributed by atoms with Gasteiger partial charge in [0.05, 0.1) is 0 Å². The lowest BCUT2D eigenvalue weighted by Gasteiger charge is -2.27. The Balaban J connectivity index is 2.79. The summed E-state index contributed by atoms with van der Waals surface area (Å²) in [6.45, 7) is 12.5. The summed E-state index contributed by atoms with van der Waals surface area (Å²) in [5.41, 5.74) is 3.33. The lowest BCUT2D eigenvalue weighted by Crippen LogP contribution is -2.25. The molecule has 1 nitrogen and oxygen atoms in total. The number of nitrogens with one attached hydrogen (secondary N) is 1. The molecule has 0 aromatic heterocycles. The standard InChI is InChI=1S/C10H19N/c1-7-8(2)11-6-9(7)10(3,4)5/h9,11H,6H2,1-5H3. The zero-order chi connectivity index (χ0) is 8.65.